The van der Waals surface area contributed by atoms with E-state index in [1.807, 2.05) is 26.0 Å². The zero-order chi connectivity index (χ0) is 32.7. The van der Waals surface area contributed by atoms with Crippen LogP contribution in [0.5, 0.6) is 0 Å². The summed E-state index contributed by atoms with van der Waals surface area (Å²) in [6.45, 7) is 6.44. The Balaban J connectivity index is 1.68. The maximum absolute atomic E-state index is 14.2. The second-order valence-corrected chi connectivity index (χ2v) is 11.8. The van der Waals surface area contributed by atoms with Crippen LogP contribution in [-0.2, 0) is 30.3 Å². The van der Waals surface area contributed by atoms with E-state index >= 15 is 0 Å². The van der Waals surface area contributed by atoms with E-state index < -0.39 is 54.2 Å². The number of nitrogens with zero attached hydrogens (tertiary/aromatic N) is 2. The van der Waals surface area contributed by atoms with Crippen molar-refractivity contribution in [2.24, 2.45) is 5.92 Å². The lowest BCUT2D eigenvalue weighted by atomic mass is 9.96. The lowest BCUT2D eigenvalue weighted by Gasteiger charge is -2.41. The van der Waals surface area contributed by atoms with Crippen molar-refractivity contribution < 1.29 is 28.7 Å². The van der Waals surface area contributed by atoms with Gasteiger partial charge in [0.05, 0.1) is 11.8 Å². The minimum Gasteiger partial charge on any atom is -0.457 e. The Bertz CT molecular complexity index is 1570. The predicted molar refractivity (Wildman–Crippen MR) is 171 cm³/mol. The molecule has 0 aromatic heterocycles. The fourth-order valence-corrected chi connectivity index (χ4v) is 5.20. The van der Waals surface area contributed by atoms with E-state index in [-0.39, 0.29) is 12.3 Å². The fraction of sp³-hybridized carbons (Fsp3) is 0.286. The third kappa shape index (κ3) is 8.25. The number of amides is 3. The van der Waals surface area contributed by atoms with Gasteiger partial charge < -0.3 is 15.0 Å². The van der Waals surface area contributed by atoms with Gasteiger partial charge in [0.2, 0.25) is 5.91 Å². The number of hydrogen-bond donors (Lipinski definition) is 1. The molecular formula is C35H36ClN3O6. The summed E-state index contributed by atoms with van der Waals surface area (Å²) in [6, 6.07) is 22.1. The molecule has 3 aromatic rings. The predicted octanol–water partition coefficient (Wildman–Crippen LogP) is 4.90. The Morgan fingerprint density at radius 1 is 0.867 bits per heavy atom. The van der Waals surface area contributed by atoms with Crippen LogP contribution < -0.4 is 5.32 Å². The Labute approximate surface area is 267 Å². The summed E-state index contributed by atoms with van der Waals surface area (Å²) in [6.07, 6.45) is 1.11. The second kappa shape index (κ2) is 14.8. The van der Waals surface area contributed by atoms with E-state index in [0.717, 1.165) is 5.56 Å². The monoisotopic (exact) mass is 629 g/mol. The average Bonchev–Trinajstić information content (AvgIpc) is 3.01. The van der Waals surface area contributed by atoms with E-state index in [1.165, 1.54) is 9.80 Å². The number of carbonyl (C=O) groups excluding carboxylic acids is 5. The lowest BCUT2D eigenvalue weighted by Crippen LogP contribution is -2.57. The van der Waals surface area contributed by atoms with Crippen molar-refractivity contribution in [3.8, 4) is 0 Å². The molecule has 10 heteroatoms. The maximum Gasteiger partial charge on any atom is 0.377 e. The molecule has 0 spiro atoms. The molecule has 4 rings (SSSR count). The van der Waals surface area contributed by atoms with Crippen molar-refractivity contribution in [3.63, 3.8) is 0 Å². The topological polar surface area (TPSA) is 113 Å². The summed E-state index contributed by atoms with van der Waals surface area (Å²) in [4.78, 5) is 69.9. The van der Waals surface area contributed by atoms with Crippen LogP contribution in [0.15, 0.2) is 91.1 Å². The minimum atomic E-state index is -1.22. The molecule has 0 aliphatic carbocycles. The summed E-state index contributed by atoms with van der Waals surface area (Å²) >= 11 is 6.03. The van der Waals surface area contributed by atoms with Crippen molar-refractivity contribution >= 4 is 46.8 Å². The first-order chi connectivity index (χ1) is 21.5. The molecule has 9 nitrogen and oxygen atoms in total. The molecule has 3 amide bonds. The van der Waals surface area contributed by atoms with Crippen LogP contribution >= 0.6 is 11.6 Å². The quantitative estimate of drug-likeness (QED) is 0.239. The van der Waals surface area contributed by atoms with E-state index in [0.29, 0.717) is 21.8 Å². The van der Waals surface area contributed by atoms with Gasteiger partial charge in [-0.05, 0) is 55.2 Å². The average molecular weight is 630 g/mol. The number of Topliss-reactive ketones (excluding diaryl/α,β-unsaturated/α-hetero) is 1. The summed E-state index contributed by atoms with van der Waals surface area (Å²) in [5, 5.41) is 3.14. The van der Waals surface area contributed by atoms with Crippen LogP contribution in [0, 0.1) is 5.92 Å². The normalized spacial score (nSPS) is 15.5. The summed E-state index contributed by atoms with van der Waals surface area (Å²) in [5.74, 6) is -3.78. The SMILES string of the molecule is CC(C)OC(=O)C(=O)[C@H](Cc1ccccc1)NC(=O)CN1C(=O)C(C(C)C)N(C(=O)c2ccc(Cl)cc2)C=C1c1ccccc1. The number of carbonyl (C=O) groups is 5. The van der Waals surface area contributed by atoms with E-state index in [2.05, 4.69) is 5.32 Å². The van der Waals surface area contributed by atoms with Gasteiger partial charge in [-0.3, -0.25) is 24.1 Å². The number of hydrogen-bond acceptors (Lipinski definition) is 6. The highest BCUT2D eigenvalue weighted by Crippen LogP contribution is 2.31. The zero-order valence-corrected chi connectivity index (χ0v) is 26.4. The molecule has 3 aromatic carbocycles. The Kier molecular flexibility index (Phi) is 10.9. The molecular weight excluding hydrogens is 594 g/mol. The lowest BCUT2D eigenvalue weighted by molar-refractivity contribution is -0.157. The number of nitrogens with one attached hydrogen (secondary N) is 1. The van der Waals surface area contributed by atoms with Crippen molar-refractivity contribution in [2.75, 3.05) is 6.54 Å². The van der Waals surface area contributed by atoms with E-state index in [1.54, 1.807) is 92.8 Å². The summed E-state index contributed by atoms with van der Waals surface area (Å²) < 4.78 is 5.11. The molecule has 234 valence electrons. The number of esters is 1. The van der Waals surface area contributed by atoms with Crippen LogP contribution in [-0.4, -0.2) is 64.0 Å². The Morgan fingerprint density at radius 3 is 2.04 bits per heavy atom. The molecule has 1 unspecified atom stereocenters. The second-order valence-electron chi connectivity index (χ2n) is 11.3. The van der Waals surface area contributed by atoms with Gasteiger partial charge in [0.1, 0.15) is 18.6 Å². The largest absolute Gasteiger partial charge is 0.457 e. The molecule has 1 aliphatic heterocycles. The molecule has 1 N–H and O–H groups in total. The molecule has 0 radical (unpaired) electrons. The van der Waals surface area contributed by atoms with Gasteiger partial charge in [0.25, 0.3) is 17.6 Å². The third-order valence-corrected chi connectivity index (χ3v) is 7.43. The number of rotatable bonds is 11. The number of ether oxygens (including phenoxy) is 1. The van der Waals surface area contributed by atoms with Gasteiger partial charge in [-0.15, -0.1) is 0 Å². The van der Waals surface area contributed by atoms with Gasteiger partial charge >= 0.3 is 5.97 Å². The molecule has 1 aliphatic rings. The van der Waals surface area contributed by atoms with Gasteiger partial charge in [-0.2, -0.15) is 0 Å². The van der Waals surface area contributed by atoms with Gasteiger partial charge in [-0.1, -0.05) is 86.1 Å². The molecule has 0 saturated heterocycles. The number of ketones is 1. The molecule has 0 fully saturated rings. The first kappa shape index (κ1) is 33.1. The molecule has 2 atom stereocenters. The molecule has 0 bridgehead atoms. The Morgan fingerprint density at radius 2 is 1.47 bits per heavy atom. The summed E-state index contributed by atoms with van der Waals surface area (Å²) in [7, 11) is 0. The molecule has 0 saturated carbocycles. The minimum absolute atomic E-state index is 0.0475. The van der Waals surface area contributed by atoms with E-state index in [9.17, 15) is 24.0 Å². The van der Waals surface area contributed by atoms with Gasteiger partial charge in [-0.25, -0.2) is 4.79 Å². The zero-order valence-electron chi connectivity index (χ0n) is 25.6. The van der Waals surface area contributed by atoms with Crippen LogP contribution in [0.4, 0.5) is 0 Å². The van der Waals surface area contributed by atoms with Gasteiger partial charge in [0, 0.05) is 23.2 Å². The highest BCUT2D eigenvalue weighted by molar-refractivity contribution is 6.36. The molecule has 1 heterocycles. The first-order valence-electron chi connectivity index (χ1n) is 14.7. The van der Waals surface area contributed by atoms with Crippen molar-refractivity contribution in [1.29, 1.82) is 0 Å². The number of halogens is 1. The number of benzene rings is 3. The first-order valence-corrected chi connectivity index (χ1v) is 15.1. The van der Waals surface area contributed by atoms with E-state index in [4.69, 9.17) is 16.3 Å². The highest BCUT2D eigenvalue weighted by atomic mass is 35.5. The fourth-order valence-electron chi connectivity index (χ4n) is 5.07. The highest BCUT2D eigenvalue weighted by Gasteiger charge is 2.41. The van der Waals surface area contributed by atoms with Crippen molar-refractivity contribution in [3.05, 3.63) is 113 Å². The van der Waals surface area contributed by atoms with Crippen molar-refractivity contribution in [2.45, 2.75) is 52.3 Å². The van der Waals surface area contributed by atoms with Crippen LogP contribution in [0.2, 0.25) is 5.02 Å². The van der Waals surface area contributed by atoms with Gasteiger partial charge in [0.15, 0.2) is 0 Å². The molecule has 45 heavy (non-hydrogen) atoms. The summed E-state index contributed by atoms with van der Waals surface area (Å²) in [5.41, 5.74) is 2.01. The smallest absolute Gasteiger partial charge is 0.377 e. The van der Waals surface area contributed by atoms with Crippen LogP contribution in [0.3, 0.4) is 0 Å². The standard InChI is InChI=1S/C35H36ClN3O6/c1-22(2)31-34(43)38(21-30(40)37-28(19-24-11-7-5-8-12-24)32(41)35(44)45-23(3)4)29(25-13-9-6-10-14-25)20-39(31)33(42)26-15-17-27(36)18-16-26/h5-18,20,22-23,28,31H,19,21H2,1-4H3,(H,37,40)/t28-,31?/m0/s1. The maximum atomic E-state index is 14.2. The Hall–Kier alpha value is -4.76. The van der Waals surface area contributed by atoms with Crippen LogP contribution in [0.25, 0.3) is 5.70 Å². The van der Waals surface area contributed by atoms with Crippen molar-refractivity contribution in [1.82, 2.24) is 15.1 Å². The third-order valence-electron chi connectivity index (χ3n) is 7.18. The van der Waals surface area contributed by atoms with Crippen LogP contribution in [0.1, 0.15) is 49.2 Å².